The van der Waals surface area contributed by atoms with Gasteiger partial charge in [-0.25, -0.2) is 0 Å². The van der Waals surface area contributed by atoms with Crippen molar-refractivity contribution in [3.05, 3.63) is 51.2 Å². The van der Waals surface area contributed by atoms with Gasteiger partial charge >= 0.3 is 0 Å². The molecule has 1 saturated heterocycles. The standard InChI is InChI=1S/C19H19N3O2S2/c23-18(6-5-16-4-2-9-26-16)22-8-1-3-14(12-22)11-17-20-19(21-24-17)15-7-10-25-13-15/h2,4-7,9-10,13-14H,1,3,8,11-12H2/b6-5-/t14-/m1/s1. The van der Waals surface area contributed by atoms with Crippen LogP contribution in [0.2, 0.25) is 0 Å². The van der Waals surface area contributed by atoms with Gasteiger partial charge in [0.05, 0.1) is 0 Å². The maximum absolute atomic E-state index is 12.4. The number of amides is 1. The number of nitrogens with zero attached hydrogens (tertiary/aromatic N) is 3. The first-order valence-electron chi connectivity index (χ1n) is 8.63. The molecule has 0 bridgehead atoms. The lowest BCUT2D eigenvalue weighted by Gasteiger charge is -2.31. The van der Waals surface area contributed by atoms with E-state index in [-0.39, 0.29) is 5.91 Å². The zero-order valence-electron chi connectivity index (χ0n) is 14.2. The maximum atomic E-state index is 12.4. The molecule has 3 aromatic rings. The smallest absolute Gasteiger partial charge is 0.246 e. The second-order valence-corrected chi connectivity index (χ2v) is 8.13. The van der Waals surface area contributed by atoms with Crippen LogP contribution in [0.15, 0.2) is 44.9 Å². The van der Waals surface area contributed by atoms with Crippen molar-refractivity contribution in [3.63, 3.8) is 0 Å². The highest BCUT2D eigenvalue weighted by Crippen LogP contribution is 2.23. The van der Waals surface area contributed by atoms with E-state index in [0.29, 0.717) is 17.6 Å². The summed E-state index contributed by atoms with van der Waals surface area (Å²) in [6.07, 6.45) is 6.37. The Hall–Kier alpha value is -2.25. The first-order chi connectivity index (χ1) is 12.8. The van der Waals surface area contributed by atoms with Gasteiger partial charge in [0.2, 0.25) is 17.6 Å². The van der Waals surface area contributed by atoms with E-state index in [4.69, 9.17) is 4.52 Å². The van der Waals surface area contributed by atoms with Gasteiger partial charge in [0.1, 0.15) is 0 Å². The van der Waals surface area contributed by atoms with E-state index in [2.05, 4.69) is 10.1 Å². The van der Waals surface area contributed by atoms with Crippen molar-refractivity contribution in [2.75, 3.05) is 13.1 Å². The molecule has 0 saturated carbocycles. The van der Waals surface area contributed by atoms with Crippen molar-refractivity contribution >= 4 is 34.7 Å². The predicted octanol–water partition coefficient (Wildman–Crippen LogP) is 4.35. The van der Waals surface area contributed by atoms with Crippen LogP contribution in [-0.4, -0.2) is 34.0 Å². The SMILES string of the molecule is O=C(/C=C\c1cccs1)N1CCC[C@H](Cc2nc(-c3ccsc3)no2)C1. The normalized spacial score (nSPS) is 17.8. The first-order valence-corrected chi connectivity index (χ1v) is 10.5. The quantitative estimate of drug-likeness (QED) is 0.613. The lowest BCUT2D eigenvalue weighted by molar-refractivity contribution is -0.127. The molecule has 1 aliphatic rings. The third-order valence-electron chi connectivity index (χ3n) is 4.47. The molecule has 1 atom stereocenters. The summed E-state index contributed by atoms with van der Waals surface area (Å²) in [4.78, 5) is 20.0. The summed E-state index contributed by atoms with van der Waals surface area (Å²) in [6, 6.07) is 5.98. The van der Waals surface area contributed by atoms with Gasteiger partial charge in [-0.3, -0.25) is 4.79 Å². The number of thiophene rings is 2. The number of rotatable bonds is 5. The van der Waals surface area contributed by atoms with E-state index in [0.717, 1.165) is 42.8 Å². The molecule has 1 amide bonds. The minimum atomic E-state index is 0.0765. The van der Waals surface area contributed by atoms with Crippen LogP contribution in [0, 0.1) is 5.92 Å². The Morgan fingerprint density at radius 3 is 3.15 bits per heavy atom. The van der Waals surface area contributed by atoms with Crippen LogP contribution in [0.1, 0.15) is 23.6 Å². The van der Waals surface area contributed by atoms with E-state index in [9.17, 15) is 4.79 Å². The summed E-state index contributed by atoms with van der Waals surface area (Å²) < 4.78 is 5.41. The zero-order chi connectivity index (χ0) is 17.8. The van der Waals surface area contributed by atoms with Gasteiger partial charge in [0.15, 0.2) is 0 Å². The Morgan fingerprint density at radius 2 is 2.35 bits per heavy atom. The molecule has 0 radical (unpaired) electrons. The van der Waals surface area contributed by atoms with Crippen LogP contribution in [0.25, 0.3) is 17.5 Å². The monoisotopic (exact) mass is 385 g/mol. The minimum Gasteiger partial charge on any atom is -0.339 e. The van der Waals surface area contributed by atoms with Gasteiger partial charge in [0, 0.05) is 41.4 Å². The summed E-state index contributed by atoms with van der Waals surface area (Å²) >= 11 is 3.25. The molecule has 4 rings (SSSR count). The van der Waals surface area contributed by atoms with Crippen molar-refractivity contribution in [2.45, 2.75) is 19.3 Å². The Morgan fingerprint density at radius 1 is 1.38 bits per heavy atom. The Bertz CT molecular complexity index is 869. The van der Waals surface area contributed by atoms with Crippen LogP contribution in [-0.2, 0) is 11.2 Å². The summed E-state index contributed by atoms with van der Waals surface area (Å²) in [5.41, 5.74) is 0.990. The molecule has 0 N–H and O–H groups in total. The fourth-order valence-corrected chi connectivity index (χ4v) is 4.42. The third kappa shape index (κ3) is 4.11. The number of hydrogen-bond acceptors (Lipinski definition) is 6. The van der Waals surface area contributed by atoms with E-state index >= 15 is 0 Å². The molecular weight excluding hydrogens is 366 g/mol. The van der Waals surface area contributed by atoms with Gasteiger partial charge in [-0.15, -0.1) is 11.3 Å². The number of piperidine rings is 1. The van der Waals surface area contributed by atoms with Gasteiger partial charge in [0.25, 0.3) is 0 Å². The number of carbonyl (C=O) groups is 1. The first kappa shape index (κ1) is 17.2. The fraction of sp³-hybridized carbons (Fsp3) is 0.316. The largest absolute Gasteiger partial charge is 0.339 e. The average Bonchev–Trinajstić information content (AvgIpc) is 3.41. The molecule has 0 unspecified atom stereocenters. The highest BCUT2D eigenvalue weighted by Gasteiger charge is 2.24. The van der Waals surface area contributed by atoms with Crippen LogP contribution in [0.3, 0.4) is 0 Å². The second kappa shape index (κ2) is 7.97. The number of carbonyl (C=O) groups excluding carboxylic acids is 1. The molecule has 7 heteroatoms. The molecule has 26 heavy (non-hydrogen) atoms. The van der Waals surface area contributed by atoms with Gasteiger partial charge in [-0.2, -0.15) is 16.3 Å². The van der Waals surface area contributed by atoms with Crippen LogP contribution in [0.5, 0.6) is 0 Å². The summed E-state index contributed by atoms with van der Waals surface area (Å²) in [6.45, 7) is 1.55. The van der Waals surface area contributed by atoms with Crippen LogP contribution >= 0.6 is 22.7 Å². The van der Waals surface area contributed by atoms with Gasteiger partial charge in [-0.05, 0) is 47.7 Å². The number of likely N-dealkylation sites (tertiary alicyclic amines) is 1. The predicted molar refractivity (Wildman–Crippen MR) is 104 cm³/mol. The van der Waals surface area contributed by atoms with Crippen LogP contribution < -0.4 is 0 Å². The fourth-order valence-electron chi connectivity index (χ4n) is 3.17. The summed E-state index contributed by atoms with van der Waals surface area (Å²) in [5, 5.41) is 10.1. The molecule has 0 spiro atoms. The maximum Gasteiger partial charge on any atom is 0.246 e. The van der Waals surface area contributed by atoms with Crippen molar-refractivity contribution in [3.8, 4) is 11.4 Å². The van der Waals surface area contributed by atoms with Gasteiger partial charge < -0.3 is 9.42 Å². The molecule has 1 aliphatic heterocycles. The Labute approximate surface area is 160 Å². The van der Waals surface area contributed by atoms with Crippen LogP contribution in [0.4, 0.5) is 0 Å². The van der Waals surface area contributed by atoms with Crippen molar-refractivity contribution < 1.29 is 9.32 Å². The molecular formula is C19H19N3O2S2. The third-order valence-corrected chi connectivity index (χ3v) is 6.00. The van der Waals surface area contributed by atoms with Crippen molar-refractivity contribution in [2.24, 2.45) is 5.92 Å². The molecule has 0 aliphatic carbocycles. The van der Waals surface area contributed by atoms with Gasteiger partial charge in [-0.1, -0.05) is 11.2 Å². The summed E-state index contributed by atoms with van der Waals surface area (Å²) in [7, 11) is 0. The molecule has 3 aromatic heterocycles. The molecule has 0 aromatic carbocycles. The highest BCUT2D eigenvalue weighted by molar-refractivity contribution is 7.10. The molecule has 5 nitrogen and oxygen atoms in total. The van der Waals surface area contributed by atoms with E-state index in [1.165, 1.54) is 0 Å². The Kier molecular flexibility index (Phi) is 5.26. The number of hydrogen-bond donors (Lipinski definition) is 0. The van der Waals surface area contributed by atoms with Crippen molar-refractivity contribution in [1.29, 1.82) is 0 Å². The molecule has 4 heterocycles. The second-order valence-electron chi connectivity index (χ2n) is 6.37. The lowest BCUT2D eigenvalue weighted by atomic mass is 9.94. The minimum absolute atomic E-state index is 0.0765. The zero-order valence-corrected chi connectivity index (χ0v) is 15.8. The lowest BCUT2D eigenvalue weighted by Crippen LogP contribution is -2.39. The van der Waals surface area contributed by atoms with Crippen molar-refractivity contribution in [1.82, 2.24) is 15.0 Å². The highest BCUT2D eigenvalue weighted by atomic mass is 32.1. The average molecular weight is 386 g/mol. The van der Waals surface area contributed by atoms with E-state index in [1.807, 2.05) is 45.3 Å². The number of aromatic nitrogens is 2. The molecule has 1 fully saturated rings. The topological polar surface area (TPSA) is 59.2 Å². The van der Waals surface area contributed by atoms with E-state index < -0.39 is 0 Å². The Balaban J connectivity index is 1.35. The summed E-state index contributed by atoms with van der Waals surface area (Å²) in [5.74, 6) is 1.73. The van der Waals surface area contributed by atoms with E-state index in [1.54, 1.807) is 28.7 Å². The molecule has 134 valence electrons.